The van der Waals surface area contributed by atoms with E-state index in [-0.39, 0.29) is 23.5 Å². The lowest BCUT2D eigenvalue weighted by molar-refractivity contribution is -0.133. The minimum Gasteiger partial charge on any atom is -0.342 e. The summed E-state index contributed by atoms with van der Waals surface area (Å²) in [4.78, 5) is 38.2. The number of Topliss-reactive ketones (excluding diaryl/α,β-unsaturated/α-hetero) is 1. The van der Waals surface area contributed by atoms with Gasteiger partial charge >= 0.3 is 0 Å². The van der Waals surface area contributed by atoms with E-state index in [1.807, 2.05) is 36.1 Å². The lowest BCUT2D eigenvalue weighted by atomic mass is 9.95. The molecule has 0 radical (unpaired) electrons. The summed E-state index contributed by atoms with van der Waals surface area (Å²) in [6.07, 6.45) is 1.73. The molecule has 1 heterocycles. The van der Waals surface area contributed by atoms with Crippen LogP contribution in [0.4, 0.5) is 5.69 Å². The van der Waals surface area contributed by atoms with Crippen molar-refractivity contribution in [2.75, 3.05) is 18.4 Å². The zero-order valence-corrected chi connectivity index (χ0v) is 16.4. The van der Waals surface area contributed by atoms with Crippen molar-refractivity contribution in [2.45, 2.75) is 33.1 Å². The first kappa shape index (κ1) is 19.8. The van der Waals surface area contributed by atoms with E-state index in [0.29, 0.717) is 43.6 Å². The Hall–Kier alpha value is -2.95. The van der Waals surface area contributed by atoms with Crippen molar-refractivity contribution in [3.05, 3.63) is 65.2 Å². The number of piperidine rings is 1. The summed E-state index contributed by atoms with van der Waals surface area (Å²) in [5.41, 5.74) is 3.49. The van der Waals surface area contributed by atoms with Crippen molar-refractivity contribution >= 4 is 23.3 Å². The van der Waals surface area contributed by atoms with Gasteiger partial charge in [0.1, 0.15) is 0 Å². The minimum atomic E-state index is -0.101. The summed E-state index contributed by atoms with van der Waals surface area (Å²) in [5.74, 6) is -0.0123. The lowest BCUT2D eigenvalue weighted by Crippen LogP contribution is -2.42. The summed E-state index contributed by atoms with van der Waals surface area (Å²) < 4.78 is 0. The largest absolute Gasteiger partial charge is 0.342 e. The number of benzene rings is 2. The lowest BCUT2D eigenvalue weighted by Gasteiger charge is -2.31. The molecule has 2 aromatic rings. The van der Waals surface area contributed by atoms with Crippen LogP contribution in [0.25, 0.3) is 0 Å². The third kappa shape index (κ3) is 5.06. The molecular formula is C23H26N2O3. The fourth-order valence-corrected chi connectivity index (χ4v) is 3.53. The van der Waals surface area contributed by atoms with Crippen LogP contribution in [-0.2, 0) is 16.0 Å². The number of amides is 2. The first-order valence-electron chi connectivity index (χ1n) is 9.67. The summed E-state index contributed by atoms with van der Waals surface area (Å²) in [6, 6.07) is 14.9. The van der Waals surface area contributed by atoms with Gasteiger partial charge in [-0.2, -0.15) is 0 Å². The normalized spacial score (nSPS) is 14.6. The van der Waals surface area contributed by atoms with Crippen LogP contribution in [0.15, 0.2) is 48.5 Å². The SMILES string of the molecule is CC(=O)c1ccc(NC(=O)C2CCN(C(=O)Cc3cccc(C)c3)CC2)cc1. The molecule has 3 rings (SSSR count). The second-order valence-corrected chi connectivity index (χ2v) is 7.44. The van der Waals surface area contributed by atoms with Gasteiger partial charge in [-0.05, 0) is 56.5 Å². The van der Waals surface area contributed by atoms with Crippen molar-refractivity contribution < 1.29 is 14.4 Å². The molecule has 0 saturated carbocycles. The van der Waals surface area contributed by atoms with E-state index in [9.17, 15) is 14.4 Å². The molecule has 2 amide bonds. The molecule has 0 aliphatic carbocycles. The highest BCUT2D eigenvalue weighted by Gasteiger charge is 2.27. The topological polar surface area (TPSA) is 66.5 Å². The average Bonchev–Trinajstić information content (AvgIpc) is 2.68. The maximum atomic E-state index is 12.5. The molecule has 0 bridgehead atoms. The molecular weight excluding hydrogens is 352 g/mol. The smallest absolute Gasteiger partial charge is 0.227 e. The number of hydrogen-bond acceptors (Lipinski definition) is 3. The minimum absolute atomic E-state index is 0.000536. The number of hydrogen-bond donors (Lipinski definition) is 1. The number of nitrogens with one attached hydrogen (secondary N) is 1. The van der Waals surface area contributed by atoms with E-state index in [1.54, 1.807) is 24.3 Å². The van der Waals surface area contributed by atoms with E-state index in [0.717, 1.165) is 11.1 Å². The second kappa shape index (κ2) is 8.83. The highest BCUT2D eigenvalue weighted by atomic mass is 16.2. The van der Waals surface area contributed by atoms with Crippen molar-refractivity contribution in [3.8, 4) is 0 Å². The monoisotopic (exact) mass is 378 g/mol. The molecule has 1 saturated heterocycles. The molecule has 0 atom stereocenters. The van der Waals surface area contributed by atoms with Crippen LogP contribution >= 0.6 is 0 Å². The molecule has 28 heavy (non-hydrogen) atoms. The van der Waals surface area contributed by atoms with Gasteiger partial charge in [-0.3, -0.25) is 14.4 Å². The van der Waals surface area contributed by atoms with Gasteiger partial charge in [0.05, 0.1) is 6.42 Å². The quantitative estimate of drug-likeness (QED) is 0.808. The van der Waals surface area contributed by atoms with E-state index in [2.05, 4.69) is 5.32 Å². The maximum Gasteiger partial charge on any atom is 0.227 e. The van der Waals surface area contributed by atoms with Gasteiger partial charge in [-0.1, -0.05) is 29.8 Å². The Morgan fingerprint density at radius 1 is 1.04 bits per heavy atom. The van der Waals surface area contributed by atoms with Crippen molar-refractivity contribution in [1.29, 1.82) is 0 Å². The number of nitrogens with zero attached hydrogens (tertiary/aromatic N) is 1. The fraction of sp³-hybridized carbons (Fsp3) is 0.348. The first-order chi connectivity index (χ1) is 13.4. The van der Waals surface area contributed by atoms with E-state index in [1.165, 1.54) is 6.92 Å². The number of carbonyl (C=O) groups is 3. The standard InChI is InChI=1S/C23H26N2O3/c1-16-4-3-5-18(14-16)15-22(27)25-12-10-20(11-13-25)23(28)24-21-8-6-19(7-9-21)17(2)26/h3-9,14,20H,10-13,15H2,1-2H3,(H,24,28). The molecule has 5 heteroatoms. The van der Waals surface area contributed by atoms with E-state index in [4.69, 9.17) is 0 Å². The van der Waals surface area contributed by atoms with Gasteiger partial charge in [0, 0.05) is 30.3 Å². The third-order valence-corrected chi connectivity index (χ3v) is 5.22. The number of carbonyl (C=O) groups excluding carboxylic acids is 3. The maximum absolute atomic E-state index is 12.5. The first-order valence-corrected chi connectivity index (χ1v) is 9.67. The highest BCUT2D eigenvalue weighted by Crippen LogP contribution is 2.21. The zero-order chi connectivity index (χ0) is 20.1. The van der Waals surface area contributed by atoms with Gasteiger partial charge in [0.15, 0.2) is 5.78 Å². The number of aryl methyl sites for hydroxylation is 1. The Labute approximate surface area is 165 Å². The summed E-state index contributed by atoms with van der Waals surface area (Å²) in [5, 5.41) is 2.91. The fourth-order valence-electron chi connectivity index (χ4n) is 3.53. The summed E-state index contributed by atoms with van der Waals surface area (Å²) in [7, 11) is 0. The van der Waals surface area contributed by atoms with Crippen molar-refractivity contribution in [3.63, 3.8) is 0 Å². The number of anilines is 1. The zero-order valence-electron chi connectivity index (χ0n) is 16.4. The predicted octanol–water partition coefficient (Wildman–Crippen LogP) is 3.62. The van der Waals surface area contributed by atoms with Crippen molar-refractivity contribution in [1.82, 2.24) is 4.90 Å². The second-order valence-electron chi connectivity index (χ2n) is 7.44. The predicted molar refractivity (Wildman–Crippen MR) is 109 cm³/mol. The van der Waals surface area contributed by atoms with Gasteiger partial charge < -0.3 is 10.2 Å². The van der Waals surface area contributed by atoms with Gasteiger partial charge in [-0.25, -0.2) is 0 Å². The van der Waals surface area contributed by atoms with Crippen LogP contribution < -0.4 is 5.32 Å². The van der Waals surface area contributed by atoms with Gasteiger partial charge in [-0.15, -0.1) is 0 Å². The molecule has 1 aliphatic rings. The molecule has 146 valence electrons. The van der Waals surface area contributed by atoms with Crippen LogP contribution in [0, 0.1) is 12.8 Å². The summed E-state index contributed by atoms with van der Waals surface area (Å²) in [6.45, 7) is 4.74. The van der Waals surface area contributed by atoms with Gasteiger partial charge in [0.25, 0.3) is 0 Å². The van der Waals surface area contributed by atoms with Crippen LogP contribution in [0.1, 0.15) is 41.3 Å². The number of likely N-dealkylation sites (tertiary alicyclic amines) is 1. The Kier molecular flexibility index (Phi) is 6.24. The molecule has 1 aliphatic heterocycles. The molecule has 0 unspecified atom stereocenters. The molecule has 5 nitrogen and oxygen atoms in total. The Bertz CT molecular complexity index is 866. The Balaban J connectivity index is 1.49. The molecule has 2 aromatic carbocycles. The highest BCUT2D eigenvalue weighted by molar-refractivity contribution is 5.96. The Morgan fingerprint density at radius 2 is 1.71 bits per heavy atom. The van der Waals surface area contributed by atoms with Crippen LogP contribution in [0.3, 0.4) is 0 Å². The number of ketones is 1. The van der Waals surface area contributed by atoms with E-state index >= 15 is 0 Å². The molecule has 0 aromatic heterocycles. The van der Waals surface area contributed by atoms with Crippen molar-refractivity contribution in [2.24, 2.45) is 5.92 Å². The number of rotatable bonds is 5. The summed E-state index contributed by atoms with van der Waals surface area (Å²) >= 11 is 0. The van der Waals surface area contributed by atoms with E-state index < -0.39 is 0 Å². The average molecular weight is 378 g/mol. The van der Waals surface area contributed by atoms with Crippen LogP contribution in [0.5, 0.6) is 0 Å². The molecule has 0 spiro atoms. The Morgan fingerprint density at radius 3 is 2.32 bits per heavy atom. The third-order valence-electron chi connectivity index (χ3n) is 5.22. The van der Waals surface area contributed by atoms with Crippen LogP contribution in [0.2, 0.25) is 0 Å². The molecule has 1 fully saturated rings. The van der Waals surface area contributed by atoms with Gasteiger partial charge in [0.2, 0.25) is 11.8 Å². The van der Waals surface area contributed by atoms with Crippen LogP contribution in [-0.4, -0.2) is 35.6 Å². The molecule has 1 N–H and O–H groups in total.